The molecule has 27 heavy (non-hydrogen) atoms. The Morgan fingerprint density at radius 2 is 1.89 bits per heavy atom. The summed E-state index contributed by atoms with van der Waals surface area (Å²) >= 11 is 6.88. The molecule has 0 saturated carbocycles. The number of sulfonamides is 1. The number of hydrogen-bond donors (Lipinski definition) is 1. The van der Waals surface area contributed by atoms with E-state index in [4.69, 9.17) is 11.6 Å². The number of nitrogens with zero attached hydrogens (tertiary/aromatic N) is 1. The van der Waals surface area contributed by atoms with Crippen LogP contribution in [0.1, 0.15) is 0 Å². The summed E-state index contributed by atoms with van der Waals surface area (Å²) in [5.74, 6) is -1.37. The fraction of sp³-hybridized carbons (Fsp3) is 0.0556. The van der Waals surface area contributed by atoms with E-state index < -0.39 is 28.3 Å². The molecule has 1 heterocycles. The summed E-state index contributed by atoms with van der Waals surface area (Å²) in [6, 6.07) is 14.8. The maximum Gasteiger partial charge on any atom is 0.274 e. The number of carbonyl (C=O) groups is 1. The van der Waals surface area contributed by atoms with Gasteiger partial charge >= 0.3 is 0 Å². The van der Waals surface area contributed by atoms with Gasteiger partial charge in [0.2, 0.25) is 5.91 Å². The van der Waals surface area contributed by atoms with Crippen molar-refractivity contribution in [1.29, 1.82) is 0 Å². The Hall–Kier alpha value is -2.42. The molecular formula is C18H14ClFN2O3S2. The molecule has 0 spiro atoms. The summed E-state index contributed by atoms with van der Waals surface area (Å²) in [5, 5.41) is 4.59. The van der Waals surface area contributed by atoms with E-state index in [2.05, 4.69) is 5.32 Å². The number of halogens is 2. The molecule has 0 atom stereocenters. The summed E-state index contributed by atoms with van der Waals surface area (Å²) in [4.78, 5) is 12.5. The zero-order chi connectivity index (χ0) is 19.4. The SMILES string of the molecule is O=C(CN(c1ccccc1F)S(=O)(=O)c1cccs1)Nc1cccc(Cl)c1. The van der Waals surface area contributed by atoms with Crippen LogP contribution >= 0.6 is 22.9 Å². The molecule has 2 aromatic carbocycles. The van der Waals surface area contributed by atoms with Crippen LogP contribution in [-0.4, -0.2) is 20.9 Å². The first-order valence-corrected chi connectivity index (χ1v) is 10.4. The second kappa shape index (κ2) is 8.08. The van der Waals surface area contributed by atoms with Gasteiger partial charge in [-0.1, -0.05) is 35.9 Å². The Morgan fingerprint density at radius 3 is 2.56 bits per heavy atom. The third-order valence-electron chi connectivity index (χ3n) is 3.56. The predicted molar refractivity (Wildman–Crippen MR) is 105 cm³/mol. The lowest BCUT2D eigenvalue weighted by molar-refractivity contribution is -0.114. The van der Waals surface area contributed by atoms with E-state index in [1.165, 1.54) is 30.3 Å². The van der Waals surface area contributed by atoms with Gasteiger partial charge in [0.15, 0.2) is 0 Å². The molecule has 0 aliphatic rings. The number of anilines is 2. The number of carbonyl (C=O) groups excluding carboxylic acids is 1. The third kappa shape index (κ3) is 4.47. The van der Waals surface area contributed by atoms with Gasteiger partial charge in [-0.05, 0) is 41.8 Å². The molecule has 0 fully saturated rings. The Morgan fingerprint density at radius 1 is 1.11 bits per heavy atom. The monoisotopic (exact) mass is 424 g/mol. The maximum atomic E-state index is 14.3. The number of para-hydroxylation sites is 1. The average Bonchev–Trinajstić information content (AvgIpc) is 3.16. The summed E-state index contributed by atoms with van der Waals surface area (Å²) in [6.07, 6.45) is 0. The number of benzene rings is 2. The van der Waals surface area contributed by atoms with E-state index in [0.717, 1.165) is 21.7 Å². The average molecular weight is 425 g/mol. The highest BCUT2D eigenvalue weighted by atomic mass is 35.5. The minimum absolute atomic E-state index is 0.0151. The fourth-order valence-electron chi connectivity index (χ4n) is 2.37. The van der Waals surface area contributed by atoms with Gasteiger partial charge in [0, 0.05) is 10.7 Å². The lowest BCUT2D eigenvalue weighted by Gasteiger charge is -2.23. The Bertz CT molecular complexity index is 1060. The molecule has 3 aromatic rings. The van der Waals surface area contributed by atoms with Crippen molar-refractivity contribution in [3.05, 3.63) is 76.9 Å². The van der Waals surface area contributed by atoms with Gasteiger partial charge in [-0.25, -0.2) is 12.8 Å². The van der Waals surface area contributed by atoms with Crippen molar-refractivity contribution in [3.63, 3.8) is 0 Å². The largest absolute Gasteiger partial charge is 0.324 e. The fourth-order valence-corrected chi connectivity index (χ4v) is 5.09. The topological polar surface area (TPSA) is 66.5 Å². The molecule has 9 heteroatoms. The van der Waals surface area contributed by atoms with Crippen LogP contribution < -0.4 is 9.62 Å². The van der Waals surface area contributed by atoms with E-state index in [1.54, 1.807) is 29.6 Å². The van der Waals surface area contributed by atoms with Crippen LogP contribution in [0.15, 0.2) is 70.3 Å². The first-order chi connectivity index (χ1) is 12.9. The van der Waals surface area contributed by atoms with Crippen molar-refractivity contribution < 1.29 is 17.6 Å². The predicted octanol–water partition coefficient (Wildman–Crippen LogP) is 4.37. The molecule has 0 aliphatic carbocycles. The number of rotatable bonds is 6. The smallest absolute Gasteiger partial charge is 0.274 e. The van der Waals surface area contributed by atoms with Crippen LogP contribution in [0.3, 0.4) is 0 Å². The van der Waals surface area contributed by atoms with Crippen LogP contribution in [0.5, 0.6) is 0 Å². The number of thiophene rings is 1. The first kappa shape index (κ1) is 19.3. The van der Waals surface area contributed by atoms with Crippen molar-refractivity contribution in [1.82, 2.24) is 0 Å². The van der Waals surface area contributed by atoms with Crippen LogP contribution in [-0.2, 0) is 14.8 Å². The summed E-state index contributed by atoms with van der Waals surface area (Å²) in [6.45, 7) is -0.590. The number of hydrogen-bond acceptors (Lipinski definition) is 4. The Labute approximate surface area is 165 Å². The highest BCUT2D eigenvalue weighted by molar-refractivity contribution is 7.94. The summed E-state index contributed by atoms with van der Waals surface area (Å²) in [5.41, 5.74) is 0.210. The van der Waals surface area contributed by atoms with Crippen molar-refractivity contribution >= 4 is 50.2 Å². The van der Waals surface area contributed by atoms with Gasteiger partial charge in [-0.3, -0.25) is 9.10 Å². The summed E-state index contributed by atoms with van der Waals surface area (Å²) < 4.78 is 41.0. The van der Waals surface area contributed by atoms with Crippen molar-refractivity contribution in [2.45, 2.75) is 4.21 Å². The molecule has 1 N–H and O–H groups in total. The van der Waals surface area contributed by atoms with Crippen LogP contribution in [0.2, 0.25) is 5.02 Å². The van der Waals surface area contributed by atoms with Gasteiger partial charge < -0.3 is 5.32 Å². The Kier molecular flexibility index (Phi) is 5.79. The van der Waals surface area contributed by atoms with E-state index in [-0.39, 0.29) is 9.90 Å². The zero-order valence-corrected chi connectivity index (χ0v) is 16.2. The molecule has 0 saturated heterocycles. The van der Waals surface area contributed by atoms with Crippen LogP contribution in [0.4, 0.5) is 15.8 Å². The van der Waals surface area contributed by atoms with Gasteiger partial charge in [0.1, 0.15) is 16.6 Å². The highest BCUT2D eigenvalue weighted by Crippen LogP contribution is 2.28. The minimum Gasteiger partial charge on any atom is -0.324 e. The normalized spacial score (nSPS) is 11.2. The van der Waals surface area contributed by atoms with Crippen LogP contribution in [0.25, 0.3) is 0 Å². The lowest BCUT2D eigenvalue weighted by atomic mass is 10.3. The third-order valence-corrected chi connectivity index (χ3v) is 6.92. The molecule has 3 rings (SSSR count). The van der Waals surface area contributed by atoms with E-state index in [9.17, 15) is 17.6 Å². The second-order valence-electron chi connectivity index (χ2n) is 5.45. The Balaban J connectivity index is 1.93. The van der Waals surface area contributed by atoms with E-state index in [1.807, 2.05) is 0 Å². The second-order valence-corrected chi connectivity index (χ2v) is 8.93. The van der Waals surface area contributed by atoms with Gasteiger partial charge in [-0.15, -0.1) is 11.3 Å². The maximum absolute atomic E-state index is 14.3. The molecule has 0 radical (unpaired) electrons. The minimum atomic E-state index is -4.10. The van der Waals surface area contributed by atoms with Crippen molar-refractivity contribution in [2.75, 3.05) is 16.2 Å². The first-order valence-electron chi connectivity index (χ1n) is 7.74. The van der Waals surface area contributed by atoms with Crippen LogP contribution in [0, 0.1) is 5.82 Å². The standard InChI is InChI=1S/C18H14ClFN2O3S2/c19-13-5-3-6-14(11-13)21-17(23)12-22(16-8-2-1-7-15(16)20)27(24,25)18-9-4-10-26-18/h1-11H,12H2,(H,21,23). The lowest BCUT2D eigenvalue weighted by Crippen LogP contribution is -2.38. The summed E-state index contributed by atoms with van der Waals surface area (Å²) in [7, 11) is -4.10. The zero-order valence-electron chi connectivity index (χ0n) is 13.8. The van der Waals surface area contributed by atoms with Crippen molar-refractivity contribution in [2.24, 2.45) is 0 Å². The number of nitrogens with one attached hydrogen (secondary N) is 1. The van der Waals surface area contributed by atoms with Gasteiger partial charge in [-0.2, -0.15) is 0 Å². The molecule has 0 aliphatic heterocycles. The van der Waals surface area contributed by atoms with Crippen molar-refractivity contribution in [3.8, 4) is 0 Å². The quantitative estimate of drug-likeness (QED) is 0.638. The van der Waals surface area contributed by atoms with E-state index in [0.29, 0.717) is 10.7 Å². The molecule has 5 nitrogen and oxygen atoms in total. The molecule has 140 valence electrons. The highest BCUT2D eigenvalue weighted by Gasteiger charge is 2.29. The van der Waals surface area contributed by atoms with E-state index >= 15 is 0 Å². The molecule has 1 aromatic heterocycles. The van der Waals surface area contributed by atoms with Gasteiger partial charge in [0.05, 0.1) is 5.69 Å². The number of amides is 1. The molecule has 0 bridgehead atoms. The molecule has 1 amide bonds. The van der Waals surface area contributed by atoms with Gasteiger partial charge in [0.25, 0.3) is 10.0 Å². The molecular weight excluding hydrogens is 411 g/mol. The molecule has 0 unspecified atom stereocenters.